The van der Waals surface area contributed by atoms with E-state index >= 15 is 0 Å². The van der Waals surface area contributed by atoms with Crippen LogP contribution < -0.4 is 5.32 Å². The van der Waals surface area contributed by atoms with Crippen molar-refractivity contribution in [1.82, 2.24) is 9.97 Å². The van der Waals surface area contributed by atoms with Crippen molar-refractivity contribution >= 4 is 5.82 Å². The van der Waals surface area contributed by atoms with Gasteiger partial charge >= 0.3 is 0 Å². The van der Waals surface area contributed by atoms with Crippen LogP contribution in [0, 0.1) is 11.3 Å². The van der Waals surface area contributed by atoms with Gasteiger partial charge in [0, 0.05) is 19.0 Å². The quantitative estimate of drug-likeness (QED) is 0.922. The van der Waals surface area contributed by atoms with Gasteiger partial charge in [0.1, 0.15) is 12.2 Å². The number of nitrogens with zero attached hydrogens (tertiary/aromatic N) is 3. The molecule has 1 saturated heterocycles. The molecule has 0 aliphatic carbocycles. The van der Waals surface area contributed by atoms with Gasteiger partial charge in [-0.15, -0.1) is 0 Å². The highest BCUT2D eigenvalue weighted by Gasteiger charge is 2.30. The Labute approximate surface area is 117 Å². The zero-order valence-corrected chi connectivity index (χ0v) is 10.9. The van der Waals surface area contributed by atoms with Gasteiger partial charge in [-0.05, 0) is 12.0 Å². The van der Waals surface area contributed by atoms with Crippen molar-refractivity contribution in [2.45, 2.75) is 18.6 Å². The molecule has 0 amide bonds. The Kier molecular flexibility index (Phi) is 3.57. The van der Waals surface area contributed by atoms with Crippen LogP contribution in [0.5, 0.6) is 0 Å². The first-order chi connectivity index (χ1) is 9.88. The first kappa shape index (κ1) is 12.6. The van der Waals surface area contributed by atoms with Gasteiger partial charge in [0.25, 0.3) is 0 Å². The number of benzene rings is 1. The standard InChI is InChI=1S/C15H14N4O/c16-10-13-15(18-8-7-17-13)19-12-6-9-20-14(12)11-4-2-1-3-5-11/h1-5,7-8,12,14H,6,9H2,(H,18,19)/t12-,14-/m1/s1. The molecule has 2 atom stereocenters. The Morgan fingerprint density at radius 1 is 1.20 bits per heavy atom. The fourth-order valence-electron chi connectivity index (χ4n) is 2.41. The Morgan fingerprint density at radius 2 is 2.00 bits per heavy atom. The Morgan fingerprint density at radius 3 is 2.80 bits per heavy atom. The summed E-state index contributed by atoms with van der Waals surface area (Å²) >= 11 is 0. The molecule has 2 heterocycles. The molecule has 0 bridgehead atoms. The van der Waals surface area contributed by atoms with Crippen LogP contribution in [0.2, 0.25) is 0 Å². The molecular weight excluding hydrogens is 252 g/mol. The molecule has 1 aromatic heterocycles. The van der Waals surface area contributed by atoms with Crippen LogP contribution in [0.1, 0.15) is 23.8 Å². The molecule has 1 aromatic carbocycles. The van der Waals surface area contributed by atoms with Crippen LogP contribution >= 0.6 is 0 Å². The van der Waals surface area contributed by atoms with Gasteiger partial charge in [-0.25, -0.2) is 9.97 Å². The van der Waals surface area contributed by atoms with Crippen LogP contribution in [0.15, 0.2) is 42.7 Å². The highest BCUT2D eigenvalue weighted by atomic mass is 16.5. The molecule has 0 radical (unpaired) electrons. The van der Waals surface area contributed by atoms with Crippen molar-refractivity contribution in [3.63, 3.8) is 0 Å². The van der Waals surface area contributed by atoms with Crippen LogP contribution in [0.3, 0.4) is 0 Å². The molecule has 1 N–H and O–H groups in total. The van der Waals surface area contributed by atoms with Crippen LogP contribution in [0.4, 0.5) is 5.82 Å². The highest BCUT2D eigenvalue weighted by molar-refractivity contribution is 5.48. The SMILES string of the molecule is N#Cc1nccnc1N[C@@H]1CCO[C@@H]1c1ccccc1. The first-order valence-corrected chi connectivity index (χ1v) is 6.52. The summed E-state index contributed by atoms with van der Waals surface area (Å²) in [5, 5.41) is 12.3. The molecular formula is C15H14N4O. The summed E-state index contributed by atoms with van der Waals surface area (Å²) in [6, 6.07) is 12.2. The van der Waals surface area contributed by atoms with Crippen LogP contribution in [-0.4, -0.2) is 22.6 Å². The van der Waals surface area contributed by atoms with Gasteiger partial charge in [0.15, 0.2) is 11.5 Å². The molecule has 2 aromatic rings. The Bertz CT molecular complexity index is 623. The molecule has 1 fully saturated rings. The third kappa shape index (κ3) is 2.46. The average Bonchev–Trinajstić information content (AvgIpc) is 2.97. The second kappa shape index (κ2) is 5.68. The van der Waals surface area contributed by atoms with Crippen molar-refractivity contribution in [2.75, 3.05) is 11.9 Å². The largest absolute Gasteiger partial charge is 0.371 e. The van der Waals surface area contributed by atoms with Crippen molar-refractivity contribution in [3.8, 4) is 6.07 Å². The van der Waals surface area contributed by atoms with Crippen LogP contribution in [0.25, 0.3) is 0 Å². The number of nitrogens with one attached hydrogen (secondary N) is 1. The summed E-state index contributed by atoms with van der Waals surface area (Å²) in [6.07, 6.45) is 3.95. The van der Waals surface area contributed by atoms with E-state index in [9.17, 15) is 0 Å². The zero-order valence-electron chi connectivity index (χ0n) is 10.9. The minimum atomic E-state index is -0.0234. The van der Waals surface area contributed by atoms with E-state index in [2.05, 4.69) is 15.3 Å². The number of aromatic nitrogens is 2. The van der Waals surface area contributed by atoms with Crippen molar-refractivity contribution < 1.29 is 4.74 Å². The number of nitriles is 1. The number of hydrogen-bond acceptors (Lipinski definition) is 5. The number of anilines is 1. The van der Waals surface area contributed by atoms with Crippen molar-refractivity contribution in [2.24, 2.45) is 0 Å². The summed E-state index contributed by atoms with van der Waals surface area (Å²) in [4.78, 5) is 8.20. The molecule has 3 rings (SSSR count). The van der Waals surface area contributed by atoms with Gasteiger partial charge in [-0.3, -0.25) is 0 Å². The van der Waals surface area contributed by atoms with Gasteiger partial charge in [-0.1, -0.05) is 30.3 Å². The van der Waals surface area contributed by atoms with E-state index in [1.54, 1.807) is 6.20 Å². The molecule has 100 valence electrons. The predicted octanol–water partition coefficient (Wildman–Crippen LogP) is 2.29. The molecule has 0 unspecified atom stereocenters. The second-order valence-corrected chi connectivity index (χ2v) is 4.61. The Balaban J connectivity index is 1.82. The topological polar surface area (TPSA) is 70.8 Å². The number of ether oxygens (including phenoxy) is 1. The number of hydrogen-bond donors (Lipinski definition) is 1. The Hall–Kier alpha value is -2.45. The lowest BCUT2D eigenvalue weighted by Gasteiger charge is -2.20. The normalized spacial score (nSPS) is 21.4. The monoisotopic (exact) mass is 266 g/mol. The van der Waals surface area contributed by atoms with Gasteiger partial charge in [-0.2, -0.15) is 5.26 Å². The van der Waals surface area contributed by atoms with Gasteiger partial charge in [0.2, 0.25) is 0 Å². The maximum Gasteiger partial charge on any atom is 0.182 e. The molecule has 0 saturated carbocycles. The lowest BCUT2D eigenvalue weighted by molar-refractivity contribution is 0.107. The molecule has 20 heavy (non-hydrogen) atoms. The number of rotatable bonds is 3. The lowest BCUT2D eigenvalue weighted by atomic mass is 10.0. The third-order valence-corrected chi connectivity index (χ3v) is 3.35. The summed E-state index contributed by atoms with van der Waals surface area (Å²) in [7, 11) is 0. The summed E-state index contributed by atoms with van der Waals surface area (Å²) in [5.74, 6) is 0.520. The molecule has 5 heteroatoms. The zero-order chi connectivity index (χ0) is 13.8. The molecule has 0 spiro atoms. The summed E-state index contributed by atoms with van der Waals surface area (Å²) in [5.41, 5.74) is 1.44. The maximum atomic E-state index is 9.05. The molecule has 1 aliphatic rings. The summed E-state index contributed by atoms with van der Waals surface area (Å²) < 4.78 is 5.80. The van der Waals surface area contributed by atoms with Gasteiger partial charge < -0.3 is 10.1 Å². The second-order valence-electron chi connectivity index (χ2n) is 4.61. The van der Waals surface area contributed by atoms with E-state index in [0.717, 1.165) is 12.0 Å². The predicted molar refractivity (Wildman–Crippen MR) is 73.9 cm³/mol. The summed E-state index contributed by atoms with van der Waals surface area (Å²) in [6.45, 7) is 0.694. The van der Waals surface area contributed by atoms with Gasteiger partial charge in [0.05, 0.1) is 6.04 Å². The van der Waals surface area contributed by atoms with Crippen molar-refractivity contribution in [1.29, 1.82) is 5.26 Å². The minimum Gasteiger partial charge on any atom is -0.371 e. The maximum absolute atomic E-state index is 9.05. The third-order valence-electron chi connectivity index (χ3n) is 3.35. The fraction of sp³-hybridized carbons (Fsp3) is 0.267. The first-order valence-electron chi connectivity index (χ1n) is 6.52. The van der Waals surface area contributed by atoms with Crippen molar-refractivity contribution in [3.05, 3.63) is 54.0 Å². The fourth-order valence-corrected chi connectivity index (χ4v) is 2.41. The highest BCUT2D eigenvalue weighted by Crippen LogP contribution is 2.31. The lowest BCUT2D eigenvalue weighted by Crippen LogP contribution is -2.24. The molecule has 5 nitrogen and oxygen atoms in total. The van der Waals surface area contributed by atoms with E-state index in [1.165, 1.54) is 6.20 Å². The van der Waals surface area contributed by atoms with E-state index in [-0.39, 0.29) is 12.1 Å². The van der Waals surface area contributed by atoms with E-state index < -0.39 is 0 Å². The average molecular weight is 266 g/mol. The van der Waals surface area contributed by atoms with E-state index in [0.29, 0.717) is 18.1 Å². The van der Waals surface area contributed by atoms with E-state index in [1.807, 2.05) is 36.4 Å². The van der Waals surface area contributed by atoms with E-state index in [4.69, 9.17) is 10.00 Å². The van der Waals surface area contributed by atoms with Crippen LogP contribution in [-0.2, 0) is 4.74 Å². The minimum absolute atomic E-state index is 0.0234. The smallest absolute Gasteiger partial charge is 0.182 e. The molecule has 1 aliphatic heterocycles.